The average molecular weight is 244 g/mol. The van der Waals surface area contributed by atoms with E-state index >= 15 is 0 Å². The number of para-hydroxylation sites is 2. The zero-order valence-electron chi connectivity index (χ0n) is 10.9. The number of benzene rings is 1. The second-order valence-corrected chi connectivity index (χ2v) is 4.92. The molecule has 0 saturated carbocycles. The van der Waals surface area contributed by atoms with Gasteiger partial charge in [0.25, 0.3) is 0 Å². The molecule has 4 heteroatoms. The van der Waals surface area contributed by atoms with Gasteiger partial charge in [0.1, 0.15) is 5.82 Å². The van der Waals surface area contributed by atoms with E-state index in [2.05, 4.69) is 46.1 Å². The van der Waals surface area contributed by atoms with Crippen molar-refractivity contribution in [3.63, 3.8) is 0 Å². The van der Waals surface area contributed by atoms with Gasteiger partial charge in [-0.3, -0.25) is 0 Å². The topological polar surface area (TPSA) is 33.1 Å². The molecule has 1 N–H and O–H groups in total. The monoisotopic (exact) mass is 244 g/mol. The third kappa shape index (κ3) is 2.26. The zero-order valence-corrected chi connectivity index (χ0v) is 10.9. The minimum Gasteiger partial charge on any atom is -0.331 e. The molecule has 0 radical (unpaired) electrons. The maximum absolute atomic E-state index is 4.72. The van der Waals surface area contributed by atoms with Gasteiger partial charge in [-0.05, 0) is 12.1 Å². The van der Waals surface area contributed by atoms with Crippen LogP contribution in [0.15, 0.2) is 24.3 Å². The number of aryl methyl sites for hydroxylation is 1. The summed E-state index contributed by atoms with van der Waals surface area (Å²) in [6.45, 7) is 5.65. The number of imidazole rings is 1. The third-order valence-corrected chi connectivity index (χ3v) is 3.74. The van der Waals surface area contributed by atoms with Crippen LogP contribution in [0.1, 0.15) is 5.82 Å². The third-order valence-electron chi connectivity index (χ3n) is 3.74. The molecule has 96 valence electrons. The lowest BCUT2D eigenvalue weighted by atomic mass is 10.3. The van der Waals surface area contributed by atoms with Crippen molar-refractivity contribution < 1.29 is 0 Å². The quantitative estimate of drug-likeness (QED) is 0.875. The highest BCUT2D eigenvalue weighted by atomic mass is 15.2. The van der Waals surface area contributed by atoms with Gasteiger partial charge in [0, 0.05) is 46.2 Å². The summed E-state index contributed by atoms with van der Waals surface area (Å²) in [6, 6.07) is 8.35. The summed E-state index contributed by atoms with van der Waals surface area (Å²) < 4.78 is 2.22. The number of nitrogens with one attached hydrogen (secondary N) is 1. The van der Waals surface area contributed by atoms with E-state index in [4.69, 9.17) is 4.98 Å². The zero-order chi connectivity index (χ0) is 12.4. The molecule has 0 atom stereocenters. The first-order chi connectivity index (χ1) is 8.84. The van der Waals surface area contributed by atoms with E-state index in [-0.39, 0.29) is 0 Å². The minimum absolute atomic E-state index is 1.03. The molecule has 4 nitrogen and oxygen atoms in total. The largest absolute Gasteiger partial charge is 0.331 e. The van der Waals surface area contributed by atoms with E-state index in [1.807, 2.05) is 0 Å². The normalized spacial score (nSPS) is 17.4. The Morgan fingerprint density at radius 1 is 1.22 bits per heavy atom. The molecule has 1 aliphatic heterocycles. The Balaban J connectivity index is 1.72. The van der Waals surface area contributed by atoms with E-state index in [0.717, 1.165) is 44.7 Å². The van der Waals surface area contributed by atoms with Crippen LogP contribution in [0.4, 0.5) is 0 Å². The number of aromatic nitrogens is 2. The Hall–Kier alpha value is -1.39. The fraction of sp³-hybridized carbons (Fsp3) is 0.500. The first-order valence-corrected chi connectivity index (χ1v) is 6.68. The van der Waals surface area contributed by atoms with Gasteiger partial charge >= 0.3 is 0 Å². The molecule has 0 bridgehead atoms. The van der Waals surface area contributed by atoms with E-state index in [1.165, 1.54) is 11.3 Å². The van der Waals surface area contributed by atoms with Gasteiger partial charge in [0.05, 0.1) is 11.0 Å². The van der Waals surface area contributed by atoms with Gasteiger partial charge in [-0.25, -0.2) is 4.98 Å². The molecule has 18 heavy (non-hydrogen) atoms. The first-order valence-electron chi connectivity index (χ1n) is 6.68. The average Bonchev–Trinajstić information content (AvgIpc) is 2.75. The molecule has 0 unspecified atom stereocenters. The van der Waals surface area contributed by atoms with Crippen LogP contribution in [0, 0.1) is 0 Å². The minimum atomic E-state index is 1.03. The van der Waals surface area contributed by atoms with Crippen molar-refractivity contribution in [2.45, 2.75) is 6.42 Å². The smallest absolute Gasteiger partial charge is 0.110 e. The second kappa shape index (κ2) is 5.08. The fourth-order valence-corrected chi connectivity index (χ4v) is 2.61. The van der Waals surface area contributed by atoms with E-state index < -0.39 is 0 Å². The Morgan fingerprint density at radius 2 is 2.00 bits per heavy atom. The Kier molecular flexibility index (Phi) is 3.30. The van der Waals surface area contributed by atoms with Crippen LogP contribution in [0.3, 0.4) is 0 Å². The van der Waals surface area contributed by atoms with Gasteiger partial charge in [-0.2, -0.15) is 0 Å². The summed E-state index contributed by atoms with van der Waals surface area (Å²) in [4.78, 5) is 7.23. The van der Waals surface area contributed by atoms with Gasteiger partial charge in [-0.1, -0.05) is 12.1 Å². The van der Waals surface area contributed by atoms with Crippen molar-refractivity contribution in [3.8, 4) is 0 Å². The summed E-state index contributed by atoms with van der Waals surface area (Å²) in [5, 5.41) is 3.38. The Labute approximate surface area is 108 Å². The highest BCUT2D eigenvalue weighted by molar-refractivity contribution is 5.75. The summed E-state index contributed by atoms with van der Waals surface area (Å²) >= 11 is 0. The predicted octanol–water partition coefficient (Wildman–Crippen LogP) is 1.02. The van der Waals surface area contributed by atoms with Crippen molar-refractivity contribution in [1.29, 1.82) is 0 Å². The second-order valence-electron chi connectivity index (χ2n) is 4.92. The van der Waals surface area contributed by atoms with Crippen LogP contribution in [-0.4, -0.2) is 47.2 Å². The number of rotatable bonds is 3. The van der Waals surface area contributed by atoms with Gasteiger partial charge in [0.2, 0.25) is 0 Å². The first kappa shape index (κ1) is 11.7. The van der Waals surface area contributed by atoms with Crippen molar-refractivity contribution >= 4 is 11.0 Å². The van der Waals surface area contributed by atoms with Crippen LogP contribution < -0.4 is 5.32 Å². The molecule has 1 saturated heterocycles. The molecule has 0 amide bonds. The molecule has 1 aromatic carbocycles. The predicted molar refractivity (Wildman–Crippen MR) is 73.7 cm³/mol. The number of hydrogen-bond donors (Lipinski definition) is 1. The maximum Gasteiger partial charge on any atom is 0.110 e. The van der Waals surface area contributed by atoms with Crippen LogP contribution in [0.2, 0.25) is 0 Å². The van der Waals surface area contributed by atoms with Crippen LogP contribution in [-0.2, 0) is 13.5 Å². The van der Waals surface area contributed by atoms with E-state index in [9.17, 15) is 0 Å². The molecule has 2 heterocycles. The lowest BCUT2D eigenvalue weighted by molar-refractivity contribution is 0.242. The SMILES string of the molecule is Cn1c(CCN2CCNCC2)nc2ccccc21. The molecule has 1 aromatic heterocycles. The molecule has 0 aliphatic carbocycles. The summed E-state index contributed by atoms with van der Waals surface area (Å²) in [5.74, 6) is 1.19. The maximum atomic E-state index is 4.72. The van der Waals surface area contributed by atoms with Crippen LogP contribution in [0.25, 0.3) is 11.0 Å². The highest BCUT2D eigenvalue weighted by Gasteiger charge is 2.12. The van der Waals surface area contributed by atoms with Crippen molar-refractivity contribution in [1.82, 2.24) is 19.8 Å². The highest BCUT2D eigenvalue weighted by Crippen LogP contribution is 2.14. The number of piperazine rings is 1. The molecular weight excluding hydrogens is 224 g/mol. The van der Waals surface area contributed by atoms with Gasteiger partial charge in [-0.15, -0.1) is 0 Å². The lowest BCUT2D eigenvalue weighted by Gasteiger charge is -2.26. The molecule has 0 spiro atoms. The lowest BCUT2D eigenvalue weighted by Crippen LogP contribution is -2.44. The van der Waals surface area contributed by atoms with E-state index in [1.54, 1.807) is 0 Å². The fourth-order valence-electron chi connectivity index (χ4n) is 2.61. The standard InChI is InChI=1S/C14H20N4/c1-17-13-5-3-2-4-12(13)16-14(17)6-9-18-10-7-15-8-11-18/h2-5,15H,6-11H2,1H3. The van der Waals surface area contributed by atoms with Gasteiger partial charge < -0.3 is 14.8 Å². The number of nitrogens with zero attached hydrogens (tertiary/aromatic N) is 3. The molecule has 3 rings (SSSR count). The molecule has 1 aliphatic rings. The number of fused-ring (bicyclic) bond motifs is 1. The molecule has 1 fully saturated rings. The summed E-state index contributed by atoms with van der Waals surface area (Å²) in [6.07, 6.45) is 1.03. The number of hydrogen-bond acceptors (Lipinski definition) is 3. The van der Waals surface area contributed by atoms with Crippen molar-refractivity contribution in [2.75, 3.05) is 32.7 Å². The van der Waals surface area contributed by atoms with E-state index in [0.29, 0.717) is 0 Å². The summed E-state index contributed by atoms with van der Waals surface area (Å²) in [7, 11) is 2.11. The van der Waals surface area contributed by atoms with Gasteiger partial charge in [0.15, 0.2) is 0 Å². The van der Waals surface area contributed by atoms with Crippen LogP contribution >= 0.6 is 0 Å². The van der Waals surface area contributed by atoms with Crippen molar-refractivity contribution in [3.05, 3.63) is 30.1 Å². The van der Waals surface area contributed by atoms with Crippen LogP contribution in [0.5, 0.6) is 0 Å². The Bertz CT molecular complexity index is 526. The molecular formula is C14H20N4. The molecule has 2 aromatic rings. The van der Waals surface area contributed by atoms with Crippen molar-refractivity contribution in [2.24, 2.45) is 7.05 Å². The Morgan fingerprint density at radius 3 is 2.78 bits per heavy atom. The summed E-state index contributed by atoms with van der Waals surface area (Å²) in [5.41, 5.74) is 2.34.